The van der Waals surface area contributed by atoms with Crippen LogP contribution in [0.4, 0.5) is 5.69 Å². The van der Waals surface area contributed by atoms with Crippen molar-refractivity contribution in [3.63, 3.8) is 0 Å². The molecule has 0 bridgehead atoms. The minimum Gasteiger partial charge on any atom is -0.347 e. The summed E-state index contributed by atoms with van der Waals surface area (Å²) in [6.45, 7) is 0.408. The quantitative estimate of drug-likeness (QED) is 0.689. The molecule has 2 heterocycles. The minimum absolute atomic E-state index is 0.154. The number of benzene rings is 1. The largest absolute Gasteiger partial charge is 0.347 e. The number of anilines is 1. The van der Waals surface area contributed by atoms with Crippen LogP contribution in [0.15, 0.2) is 63.5 Å². The maximum absolute atomic E-state index is 12.4. The van der Waals surface area contributed by atoms with Gasteiger partial charge in [-0.2, -0.15) is 11.3 Å². The lowest BCUT2D eigenvalue weighted by Crippen LogP contribution is -2.23. The molecule has 1 amide bonds. The van der Waals surface area contributed by atoms with Crippen molar-refractivity contribution in [2.45, 2.75) is 11.4 Å². The second kappa shape index (κ2) is 7.16. The lowest BCUT2D eigenvalue weighted by Gasteiger charge is -2.09. The summed E-state index contributed by atoms with van der Waals surface area (Å²) >= 11 is 2.75. The Morgan fingerprint density at radius 3 is 2.54 bits per heavy atom. The van der Waals surface area contributed by atoms with Gasteiger partial charge in [0.1, 0.15) is 4.88 Å². The minimum atomic E-state index is -3.72. The normalized spacial score (nSPS) is 11.2. The van der Waals surface area contributed by atoms with Crippen molar-refractivity contribution in [2.75, 3.05) is 4.72 Å². The third-order valence-corrected chi connectivity index (χ3v) is 6.23. The highest BCUT2D eigenvalue weighted by Gasteiger charge is 2.19. The van der Waals surface area contributed by atoms with Crippen LogP contribution in [0.1, 0.15) is 15.2 Å². The molecule has 3 aromatic rings. The van der Waals surface area contributed by atoms with Crippen LogP contribution in [-0.2, 0) is 16.6 Å². The maximum atomic E-state index is 12.4. The van der Waals surface area contributed by atoms with Crippen LogP contribution in [-0.4, -0.2) is 14.3 Å². The van der Waals surface area contributed by atoms with Crippen LogP contribution >= 0.6 is 22.7 Å². The molecule has 2 aromatic heterocycles. The van der Waals surface area contributed by atoms with Crippen LogP contribution in [0.3, 0.4) is 0 Å². The molecule has 5 nitrogen and oxygen atoms in total. The van der Waals surface area contributed by atoms with Crippen molar-refractivity contribution in [2.24, 2.45) is 0 Å². The number of carbonyl (C=O) groups is 1. The molecule has 0 saturated heterocycles. The van der Waals surface area contributed by atoms with Crippen molar-refractivity contribution < 1.29 is 13.2 Å². The van der Waals surface area contributed by atoms with Gasteiger partial charge < -0.3 is 5.32 Å². The number of amides is 1. The molecule has 24 heavy (non-hydrogen) atoms. The Hall–Kier alpha value is -2.16. The molecular weight excluding hydrogens is 364 g/mol. The van der Waals surface area contributed by atoms with Crippen LogP contribution in [0.5, 0.6) is 0 Å². The molecule has 0 unspecified atom stereocenters. The Balaban J connectivity index is 1.74. The Bertz CT molecular complexity index is 917. The van der Waals surface area contributed by atoms with Crippen molar-refractivity contribution in [1.29, 1.82) is 0 Å². The average molecular weight is 379 g/mol. The molecule has 3 rings (SSSR count). The van der Waals surface area contributed by atoms with E-state index in [4.69, 9.17) is 0 Å². The van der Waals surface area contributed by atoms with Crippen LogP contribution in [0.2, 0.25) is 0 Å². The smallest absolute Gasteiger partial charge is 0.263 e. The first-order chi connectivity index (χ1) is 11.6. The van der Waals surface area contributed by atoms with E-state index in [-0.39, 0.29) is 16.5 Å². The van der Waals surface area contributed by atoms with Gasteiger partial charge in [0.05, 0.1) is 10.6 Å². The Morgan fingerprint density at radius 2 is 1.83 bits per heavy atom. The molecule has 0 aliphatic heterocycles. The summed E-state index contributed by atoms with van der Waals surface area (Å²) in [6, 6.07) is 11.6. The average Bonchev–Trinajstić information content (AvgIpc) is 3.25. The highest BCUT2D eigenvalue weighted by Crippen LogP contribution is 2.25. The van der Waals surface area contributed by atoms with Gasteiger partial charge in [-0.25, -0.2) is 8.42 Å². The Kier molecular flexibility index (Phi) is 4.98. The molecule has 124 valence electrons. The highest BCUT2D eigenvalue weighted by atomic mass is 32.2. The van der Waals surface area contributed by atoms with Gasteiger partial charge in [0.2, 0.25) is 0 Å². The molecule has 8 heteroatoms. The van der Waals surface area contributed by atoms with Crippen LogP contribution < -0.4 is 10.0 Å². The number of thiophene rings is 2. The zero-order chi connectivity index (χ0) is 17.0. The number of carbonyl (C=O) groups excluding carboxylic acids is 1. The Labute approximate surface area is 148 Å². The number of nitrogens with one attached hydrogen (secondary N) is 2. The lowest BCUT2D eigenvalue weighted by molar-refractivity contribution is 0.0956. The zero-order valence-corrected chi connectivity index (χ0v) is 14.9. The number of rotatable bonds is 6. The van der Waals surface area contributed by atoms with E-state index in [0.717, 1.165) is 5.56 Å². The lowest BCUT2D eigenvalue weighted by atomic mass is 10.3. The fourth-order valence-corrected chi connectivity index (χ4v) is 4.62. The van der Waals surface area contributed by atoms with Gasteiger partial charge in [0, 0.05) is 6.54 Å². The first-order valence-electron chi connectivity index (χ1n) is 7.01. The van der Waals surface area contributed by atoms with E-state index in [1.807, 2.05) is 16.8 Å². The molecule has 2 N–H and O–H groups in total. The first-order valence-corrected chi connectivity index (χ1v) is 10.3. The number of hydrogen-bond donors (Lipinski definition) is 2. The second-order valence-electron chi connectivity index (χ2n) is 4.90. The predicted molar refractivity (Wildman–Crippen MR) is 97.1 cm³/mol. The summed E-state index contributed by atoms with van der Waals surface area (Å²) < 4.78 is 27.2. The summed E-state index contributed by atoms with van der Waals surface area (Å²) in [6.07, 6.45) is 0. The van der Waals surface area contributed by atoms with E-state index in [1.165, 1.54) is 23.5 Å². The molecular formula is C16H14N2O3S3. The van der Waals surface area contributed by atoms with Gasteiger partial charge >= 0.3 is 0 Å². The van der Waals surface area contributed by atoms with Gasteiger partial charge in [-0.3, -0.25) is 9.52 Å². The van der Waals surface area contributed by atoms with E-state index in [9.17, 15) is 13.2 Å². The van der Waals surface area contributed by atoms with Crippen LogP contribution in [0.25, 0.3) is 0 Å². The van der Waals surface area contributed by atoms with E-state index in [0.29, 0.717) is 11.4 Å². The Morgan fingerprint density at radius 1 is 1.04 bits per heavy atom. The molecule has 0 saturated carbocycles. The number of sulfonamides is 1. The molecule has 0 aliphatic rings. The standard InChI is InChI=1S/C16H14N2O3S3/c19-16(17-10-12-6-8-22-11-12)15-14(7-9-23-15)18-24(20,21)13-4-2-1-3-5-13/h1-9,11,18H,10H2,(H,17,19). The summed E-state index contributed by atoms with van der Waals surface area (Å²) in [5.41, 5.74) is 1.29. The summed E-state index contributed by atoms with van der Waals surface area (Å²) in [7, 11) is -3.72. The van der Waals surface area contributed by atoms with Gasteiger partial charge in [0.15, 0.2) is 0 Å². The SMILES string of the molecule is O=C(NCc1ccsc1)c1sccc1NS(=O)(=O)c1ccccc1. The van der Waals surface area contributed by atoms with Crippen LogP contribution in [0, 0.1) is 0 Å². The van der Waals surface area contributed by atoms with Crippen molar-refractivity contribution in [3.8, 4) is 0 Å². The van der Waals surface area contributed by atoms with E-state index < -0.39 is 10.0 Å². The molecule has 0 radical (unpaired) electrons. The van der Waals surface area contributed by atoms with Gasteiger partial charge in [-0.15, -0.1) is 11.3 Å². The number of hydrogen-bond acceptors (Lipinski definition) is 5. The first kappa shape index (κ1) is 16.7. The van der Waals surface area contributed by atoms with Gasteiger partial charge in [0.25, 0.3) is 15.9 Å². The third-order valence-electron chi connectivity index (χ3n) is 3.20. The third kappa shape index (κ3) is 3.84. The van der Waals surface area contributed by atoms with Gasteiger partial charge in [-0.1, -0.05) is 18.2 Å². The topological polar surface area (TPSA) is 75.3 Å². The molecule has 0 spiro atoms. The zero-order valence-electron chi connectivity index (χ0n) is 12.4. The second-order valence-corrected chi connectivity index (χ2v) is 8.27. The fourth-order valence-electron chi connectivity index (χ4n) is 2.02. The van der Waals surface area contributed by atoms with Gasteiger partial charge in [-0.05, 0) is 46.0 Å². The molecule has 0 aliphatic carbocycles. The van der Waals surface area contributed by atoms with Crippen molar-refractivity contribution in [1.82, 2.24) is 5.32 Å². The van der Waals surface area contributed by atoms with Crippen molar-refractivity contribution in [3.05, 3.63) is 69.0 Å². The monoisotopic (exact) mass is 378 g/mol. The van der Waals surface area contributed by atoms with E-state index >= 15 is 0 Å². The fraction of sp³-hybridized carbons (Fsp3) is 0.0625. The highest BCUT2D eigenvalue weighted by molar-refractivity contribution is 7.92. The van der Waals surface area contributed by atoms with Crippen molar-refractivity contribution >= 4 is 44.3 Å². The molecule has 0 fully saturated rings. The summed E-state index contributed by atoms with van der Waals surface area (Å²) in [5, 5.41) is 8.37. The maximum Gasteiger partial charge on any atom is 0.263 e. The summed E-state index contributed by atoms with van der Waals surface area (Å²) in [4.78, 5) is 12.8. The molecule has 0 atom stereocenters. The molecule has 1 aromatic carbocycles. The van der Waals surface area contributed by atoms with E-state index in [1.54, 1.807) is 41.0 Å². The van der Waals surface area contributed by atoms with E-state index in [2.05, 4.69) is 10.0 Å². The predicted octanol–water partition coefficient (Wildman–Crippen LogP) is 3.54. The summed E-state index contributed by atoms with van der Waals surface area (Å²) in [5.74, 6) is -0.304.